The van der Waals surface area contributed by atoms with Gasteiger partial charge in [0.1, 0.15) is 0 Å². The van der Waals surface area contributed by atoms with E-state index in [2.05, 4.69) is 11.3 Å². The van der Waals surface area contributed by atoms with Gasteiger partial charge in [0.05, 0.1) is 0 Å². The third kappa shape index (κ3) is 5.86. The highest BCUT2D eigenvalue weighted by atomic mass is 16.5. The minimum atomic E-state index is 0.232. The highest BCUT2D eigenvalue weighted by Gasteiger charge is 2.02. The van der Waals surface area contributed by atoms with Crippen LogP contribution in [0.2, 0.25) is 0 Å². The molecule has 1 unspecified atom stereocenters. The van der Waals surface area contributed by atoms with E-state index in [1.807, 2.05) is 0 Å². The van der Waals surface area contributed by atoms with E-state index >= 15 is 0 Å². The predicted octanol–water partition coefficient (Wildman–Crippen LogP) is 0.268. The highest BCUT2D eigenvalue weighted by Crippen LogP contribution is 1.99. The molecule has 11 heavy (non-hydrogen) atoms. The molecule has 0 aromatic carbocycles. The minimum absolute atomic E-state index is 0.232. The third-order valence-corrected chi connectivity index (χ3v) is 1.50. The van der Waals surface area contributed by atoms with Crippen LogP contribution in [0.25, 0.3) is 0 Å². The van der Waals surface area contributed by atoms with Crippen LogP contribution in [0.15, 0.2) is 0 Å². The maximum absolute atomic E-state index is 5.25. The molecule has 0 saturated heterocycles. The molecule has 0 bridgehead atoms. The number of hydrazine groups is 1. The zero-order chi connectivity index (χ0) is 8.53. The summed E-state index contributed by atoms with van der Waals surface area (Å²) >= 11 is 0. The lowest BCUT2D eigenvalue weighted by Crippen LogP contribution is -2.34. The lowest BCUT2D eigenvalue weighted by Gasteiger charge is -2.11. The molecule has 1 atom stereocenters. The van der Waals surface area contributed by atoms with Crippen LogP contribution < -0.4 is 11.3 Å². The van der Waals surface area contributed by atoms with Gasteiger partial charge in [-0.2, -0.15) is 0 Å². The van der Waals surface area contributed by atoms with Crippen LogP contribution in [0.1, 0.15) is 19.3 Å². The average Bonchev–Trinajstić information content (AvgIpc) is 2.03. The minimum Gasteiger partial charge on any atom is -0.385 e. The topological polar surface area (TPSA) is 47.3 Å². The molecule has 0 saturated carbocycles. The van der Waals surface area contributed by atoms with Gasteiger partial charge in [0.15, 0.2) is 0 Å². The first-order chi connectivity index (χ1) is 5.35. The van der Waals surface area contributed by atoms with Gasteiger partial charge >= 0.3 is 0 Å². The SMILES string of the molecule is C#CCC(CCCOC)NN. The monoisotopic (exact) mass is 156 g/mol. The summed E-state index contributed by atoms with van der Waals surface area (Å²) in [5.74, 6) is 7.82. The maximum atomic E-state index is 5.25. The quantitative estimate of drug-likeness (QED) is 0.251. The van der Waals surface area contributed by atoms with Gasteiger partial charge in [-0.3, -0.25) is 11.3 Å². The van der Waals surface area contributed by atoms with Gasteiger partial charge in [-0.25, -0.2) is 0 Å². The number of terminal acetylenes is 1. The standard InChI is InChI=1S/C8H16N2O/c1-3-5-8(10-9)6-4-7-11-2/h1,8,10H,4-7,9H2,2H3. The zero-order valence-electron chi connectivity index (χ0n) is 6.97. The second-order valence-electron chi connectivity index (χ2n) is 2.41. The van der Waals surface area contributed by atoms with Gasteiger partial charge < -0.3 is 4.74 Å². The van der Waals surface area contributed by atoms with E-state index < -0.39 is 0 Å². The Bertz CT molecular complexity index is 120. The lowest BCUT2D eigenvalue weighted by molar-refractivity contribution is 0.189. The molecule has 0 heterocycles. The smallest absolute Gasteiger partial charge is 0.0462 e. The Labute approximate surface area is 68.3 Å². The third-order valence-electron chi connectivity index (χ3n) is 1.50. The number of rotatable bonds is 6. The Morgan fingerprint density at radius 2 is 2.45 bits per heavy atom. The van der Waals surface area contributed by atoms with Crippen molar-refractivity contribution < 1.29 is 4.74 Å². The fourth-order valence-corrected chi connectivity index (χ4v) is 0.861. The van der Waals surface area contributed by atoms with E-state index in [0.717, 1.165) is 19.4 Å². The molecular formula is C8H16N2O. The van der Waals surface area contributed by atoms with Crippen molar-refractivity contribution in [2.45, 2.75) is 25.3 Å². The Kier molecular flexibility index (Phi) is 7.16. The summed E-state index contributed by atoms with van der Waals surface area (Å²) in [6, 6.07) is 0.232. The van der Waals surface area contributed by atoms with Gasteiger partial charge in [0.2, 0.25) is 0 Å². The van der Waals surface area contributed by atoms with E-state index in [4.69, 9.17) is 17.0 Å². The normalized spacial score (nSPS) is 12.5. The summed E-state index contributed by atoms with van der Waals surface area (Å²) in [4.78, 5) is 0. The van der Waals surface area contributed by atoms with Gasteiger partial charge in [0.25, 0.3) is 0 Å². The number of nitrogens with two attached hydrogens (primary N) is 1. The van der Waals surface area contributed by atoms with E-state index in [0.29, 0.717) is 6.42 Å². The molecule has 0 spiro atoms. The Balaban J connectivity index is 3.30. The molecular weight excluding hydrogens is 140 g/mol. The van der Waals surface area contributed by atoms with E-state index in [1.54, 1.807) is 7.11 Å². The van der Waals surface area contributed by atoms with Crippen LogP contribution in [-0.4, -0.2) is 19.8 Å². The van der Waals surface area contributed by atoms with Crippen LogP contribution in [0.4, 0.5) is 0 Å². The number of hydrogen-bond acceptors (Lipinski definition) is 3. The number of ether oxygens (including phenoxy) is 1. The molecule has 64 valence electrons. The molecule has 3 heteroatoms. The van der Waals surface area contributed by atoms with Crippen LogP contribution >= 0.6 is 0 Å². The zero-order valence-corrected chi connectivity index (χ0v) is 6.97. The van der Waals surface area contributed by atoms with Crippen molar-refractivity contribution >= 4 is 0 Å². The lowest BCUT2D eigenvalue weighted by atomic mass is 10.1. The van der Waals surface area contributed by atoms with Gasteiger partial charge in [0, 0.05) is 26.2 Å². The van der Waals surface area contributed by atoms with Crippen LogP contribution in [0.3, 0.4) is 0 Å². The van der Waals surface area contributed by atoms with E-state index in [1.165, 1.54) is 0 Å². The summed E-state index contributed by atoms with van der Waals surface area (Å²) in [7, 11) is 1.69. The van der Waals surface area contributed by atoms with Crippen molar-refractivity contribution in [3.63, 3.8) is 0 Å². The van der Waals surface area contributed by atoms with Crippen LogP contribution in [-0.2, 0) is 4.74 Å². The van der Waals surface area contributed by atoms with Gasteiger partial charge in [-0.1, -0.05) is 0 Å². The number of hydrogen-bond donors (Lipinski definition) is 2. The summed E-state index contributed by atoms with van der Waals surface area (Å²) in [5.41, 5.74) is 2.66. The van der Waals surface area contributed by atoms with Crippen LogP contribution in [0, 0.1) is 12.3 Å². The molecule has 0 amide bonds. The summed E-state index contributed by atoms with van der Waals surface area (Å²) in [6.45, 7) is 0.767. The fourth-order valence-electron chi connectivity index (χ4n) is 0.861. The second-order valence-corrected chi connectivity index (χ2v) is 2.41. The molecule has 3 nitrogen and oxygen atoms in total. The fraction of sp³-hybridized carbons (Fsp3) is 0.750. The van der Waals surface area contributed by atoms with Crippen LogP contribution in [0.5, 0.6) is 0 Å². The first-order valence-electron chi connectivity index (χ1n) is 3.73. The summed E-state index contributed by atoms with van der Waals surface area (Å²) in [5, 5.41) is 0. The Morgan fingerprint density at radius 1 is 1.73 bits per heavy atom. The predicted molar refractivity (Wildman–Crippen MR) is 45.7 cm³/mol. The van der Waals surface area contributed by atoms with Crippen molar-refractivity contribution in [3.05, 3.63) is 0 Å². The molecule has 3 N–H and O–H groups in total. The molecule has 0 aliphatic rings. The largest absolute Gasteiger partial charge is 0.385 e. The van der Waals surface area contributed by atoms with Crippen molar-refractivity contribution in [2.24, 2.45) is 5.84 Å². The Morgan fingerprint density at radius 3 is 2.91 bits per heavy atom. The van der Waals surface area contributed by atoms with Gasteiger partial charge in [-0.05, 0) is 12.8 Å². The van der Waals surface area contributed by atoms with Crippen molar-refractivity contribution in [1.82, 2.24) is 5.43 Å². The summed E-state index contributed by atoms with van der Waals surface area (Å²) in [6.07, 6.45) is 7.77. The van der Waals surface area contributed by atoms with E-state index in [9.17, 15) is 0 Å². The first kappa shape index (κ1) is 10.4. The van der Waals surface area contributed by atoms with Crippen molar-refractivity contribution in [3.8, 4) is 12.3 Å². The second kappa shape index (κ2) is 7.55. The molecule has 0 aliphatic carbocycles. The number of methoxy groups -OCH3 is 1. The first-order valence-corrected chi connectivity index (χ1v) is 3.73. The molecule has 0 fully saturated rings. The van der Waals surface area contributed by atoms with E-state index in [-0.39, 0.29) is 6.04 Å². The highest BCUT2D eigenvalue weighted by molar-refractivity contribution is 4.88. The molecule has 0 aromatic heterocycles. The average molecular weight is 156 g/mol. The summed E-state index contributed by atoms with van der Waals surface area (Å²) < 4.78 is 4.89. The van der Waals surface area contributed by atoms with Crippen molar-refractivity contribution in [1.29, 1.82) is 0 Å². The van der Waals surface area contributed by atoms with Gasteiger partial charge in [-0.15, -0.1) is 12.3 Å². The number of nitrogens with one attached hydrogen (secondary N) is 1. The molecule has 0 rings (SSSR count). The molecule has 0 radical (unpaired) electrons. The Hall–Kier alpha value is -0.560. The molecule has 0 aliphatic heterocycles. The van der Waals surface area contributed by atoms with Crippen molar-refractivity contribution in [2.75, 3.05) is 13.7 Å². The molecule has 0 aromatic rings. The maximum Gasteiger partial charge on any atom is 0.0462 e.